The molecule has 1 aliphatic rings. The molecule has 128 valence electrons. The van der Waals surface area contributed by atoms with Gasteiger partial charge in [-0.2, -0.15) is 0 Å². The van der Waals surface area contributed by atoms with Crippen LogP contribution in [-0.4, -0.2) is 17.4 Å². The first-order valence-electron chi connectivity index (χ1n) is 8.36. The number of rotatable bonds is 5. The molecule has 0 aliphatic heterocycles. The summed E-state index contributed by atoms with van der Waals surface area (Å²) in [5, 5.41) is 0. The average Bonchev–Trinajstić information content (AvgIpc) is 2.54. The number of nitrogen functional groups attached to an aromatic ring is 1. The van der Waals surface area contributed by atoms with Gasteiger partial charge in [0.1, 0.15) is 0 Å². The van der Waals surface area contributed by atoms with Crippen molar-refractivity contribution in [3.8, 4) is 0 Å². The average molecular weight is 345 g/mol. The van der Waals surface area contributed by atoms with Crippen LogP contribution in [0.3, 0.4) is 0 Å². The van der Waals surface area contributed by atoms with Crippen molar-refractivity contribution in [3.05, 3.63) is 65.7 Å². The SMILES string of the molecule is CC(c1ccccc1)N(CC1CCC1)C(=O)c1cccc(N)c1.Cl. The van der Waals surface area contributed by atoms with Crippen LogP contribution in [0.15, 0.2) is 54.6 Å². The standard InChI is InChI=1S/C20H24N2O.ClH/c1-15(17-9-3-2-4-10-17)22(14-16-7-5-8-16)20(23)18-11-6-12-19(21)13-18;/h2-4,6,9-13,15-16H,5,7-8,14,21H2,1H3;1H. The molecule has 0 heterocycles. The van der Waals surface area contributed by atoms with Gasteiger partial charge in [0.25, 0.3) is 5.91 Å². The zero-order valence-corrected chi connectivity index (χ0v) is 14.8. The van der Waals surface area contributed by atoms with Crippen molar-refractivity contribution in [2.24, 2.45) is 5.92 Å². The van der Waals surface area contributed by atoms with Crippen molar-refractivity contribution in [1.82, 2.24) is 4.90 Å². The fourth-order valence-corrected chi connectivity index (χ4v) is 3.12. The first-order chi connectivity index (χ1) is 11.1. The maximum Gasteiger partial charge on any atom is 0.254 e. The lowest BCUT2D eigenvalue weighted by Crippen LogP contribution is -2.39. The third-order valence-electron chi connectivity index (χ3n) is 4.82. The summed E-state index contributed by atoms with van der Waals surface area (Å²) in [6.45, 7) is 2.93. The van der Waals surface area contributed by atoms with E-state index in [0.29, 0.717) is 17.2 Å². The fourth-order valence-electron chi connectivity index (χ4n) is 3.12. The molecule has 3 nitrogen and oxygen atoms in total. The summed E-state index contributed by atoms with van der Waals surface area (Å²) in [7, 11) is 0. The summed E-state index contributed by atoms with van der Waals surface area (Å²) < 4.78 is 0. The molecule has 1 fully saturated rings. The van der Waals surface area contributed by atoms with Gasteiger partial charge in [0.05, 0.1) is 6.04 Å². The van der Waals surface area contributed by atoms with E-state index in [9.17, 15) is 4.79 Å². The van der Waals surface area contributed by atoms with E-state index in [2.05, 4.69) is 19.1 Å². The van der Waals surface area contributed by atoms with Crippen molar-refractivity contribution in [1.29, 1.82) is 0 Å². The number of nitrogens with two attached hydrogens (primary N) is 1. The van der Waals surface area contributed by atoms with Gasteiger partial charge in [-0.25, -0.2) is 0 Å². The number of carbonyl (C=O) groups excluding carboxylic acids is 1. The number of hydrogen-bond acceptors (Lipinski definition) is 2. The Morgan fingerprint density at radius 1 is 1.17 bits per heavy atom. The first-order valence-corrected chi connectivity index (χ1v) is 8.36. The molecule has 1 unspecified atom stereocenters. The van der Waals surface area contributed by atoms with Crippen molar-refractivity contribution in [2.75, 3.05) is 12.3 Å². The van der Waals surface area contributed by atoms with Crippen molar-refractivity contribution >= 4 is 24.0 Å². The number of halogens is 1. The summed E-state index contributed by atoms with van der Waals surface area (Å²) in [6, 6.07) is 17.6. The van der Waals surface area contributed by atoms with Crippen LogP contribution in [0.25, 0.3) is 0 Å². The Kier molecular flexibility index (Phi) is 6.27. The second kappa shape index (κ2) is 8.20. The Labute approximate surface area is 150 Å². The molecule has 1 amide bonds. The Balaban J connectivity index is 0.00000208. The minimum absolute atomic E-state index is 0. The molecule has 0 bridgehead atoms. The second-order valence-corrected chi connectivity index (χ2v) is 6.47. The van der Waals surface area contributed by atoms with Gasteiger partial charge < -0.3 is 10.6 Å². The molecule has 1 atom stereocenters. The van der Waals surface area contributed by atoms with Crippen LogP contribution in [0.1, 0.15) is 48.1 Å². The third kappa shape index (κ3) is 4.09. The van der Waals surface area contributed by atoms with E-state index < -0.39 is 0 Å². The van der Waals surface area contributed by atoms with Gasteiger partial charge in [-0.1, -0.05) is 42.8 Å². The highest BCUT2D eigenvalue weighted by atomic mass is 35.5. The predicted molar refractivity (Wildman–Crippen MR) is 101 cm³/mol. The van der Waals surface area contributed by atoms with E-state index in [1.54, 1.807) is 6.07 Å². The van der Waals surface area contributed by atoms with E-state index in [0.717, 1.165) is 6.54 Å². The summed E-state index contributed by atoms with van der Waals surface area (Å²) in [5.74, 6) is 0.701. The highest BCUT2D eigenvalue weighted by Gasteiger charge is 2.28. The van der Waals surface area contributed by atoms with Gasteiger partial charge in [0.15, 0.2) is 0 Å². The molecule has 0 saturated heterocycles. The highest BCUT2D eigenvalue weighted by Crippen LogP contribution is 2.31. The Morgan fingerprint density at radius 3 is 2.46 bits per heavy atom. The van der Waals surface area contributed by atoms with Crippen LogP contribution in [0.2, 0.25) is 0 Å². The largest absolute Gasteiger partial charge is 0.399 e. The van der Waals surface area contributed by atoms with Crippen LogP contribution in [0.5, 0.6) is 0 Å². The van der Waals surface area contributed by atoms with Gasteiger partial charge in [-0.3, -0.25) is 4.79 Å². The quantitative estimate of drug-likeness (QED) is 0.799. The molecule has 1 aliphatic carbocycles. The molecular formula is C20H25ClN2O. The minimum atomic E-state index is 0. The molecule has 0 spiro atoms. The maximum absolute atomic E-state index is 13.1. The number of anilines is 1. The number of benzene rings is 2. The number of nitrogens with zero attached hydrogens (tertiary/aromatic N) is 1. The second-order valence-electron chi connectivity index (χ2n) is 6.47. The number of amides is 1. The van der Waals surface area contributed by atoms with E-state index in [1.807, 2.05) is 41.3 Å². The lowest BCUT2D eigenvalue weighted by Gasteiger charge is -2.36. The third-order valence-corrected chi connectivity index (χ3v) is 4.82. The lowest BCUT2D eigenvalue weighted by molar-refractivity contribution is 0.0613. The van der Waals surface area contributed by atoms with Crippen molar-refractivity contribution in [2.45, 2.75) is 32.2 Å². The predicted octanol–water partition coefficient (Wildman–Crippen LogP) is 4.69. The molecule has 2 aromatic carbocycles. The van der Waals surface area contributed by atoms with Crippen molar-refractivity contribution in [3.63, 3.8) is 0 Å². The first kappa shape index (κ1) is 18.3. The van der Waals surface area contributed by atoms with Crippen molar-refractivity contribution < 1.29 is 4.79 Å². The molecule has 2 N–H and O–H groups in total. The molecule has 3 rings (SSSR count). The van der Waals surface area contributed by atoms with Gasteiger partial charge in [0.2, 0.25) is 0 Å². The van der Waals surface area contributed by atoms with Gasteiger partial charge >= 0.3 is 0 Å². The van der Waals surface area contributed by atoms with Crippen LogP contribution in [-0.2, 0) is 0 Å². The van der Waals surface area contributed by atoms with E-state index in [4.69, 9.17) is 5.73 Å². The van der Waals surface area contributed by atoms with Crippen LogP contribution in [0.4, 0.5) is 5.69 Å². The zero-order valence-electron chi connectivity index (χ0n) is 14.0. The Hall–Kier alpha value is -2.00. The number of carbonyl (C=O) groups is 1. The minimum Gasteiger partial charge on any atom is -0.399 e. The van der Waals surface area contributed by atoms with E-state index >= 15 is 0 Å². The van der Waals surface area contributed by atoms with E-state index in [1.165, 1.54) is 24.8 Å². The van der Waals surface area contributed by atoms with Gasteiger partial charge in [-0.15, -0.1) is 12.4 Å². The molecular weight excluding hydrogens is 320 g/mol. The van der Waals surface area contributed by atoms with Crippen LogP contribution in [0, 0.1) is 5.92 Å². The van der Waals surface area contributed by atoms with Crippen LogP contribution < -0.4 is 5.73 Å². The van der Waals surface area contributed by atoms with Gasteiger partial charge in [-0.05, 0) is 49.4 Å². The van der Waals surface area contributed by atoms with Crippen LogP contribution >= 0.6 is 12.4 Å². The smallest absolute Gasteiger partial charge is 0.254 e. The summed E-state index contributed by atoms with van der Waals surface area (Å²) in [4.78, 5) is 15.1. The summed E-state index contributed by atoms with van der Waals surface area (Å²) in [6.07, 6.45) is 3.73. The number of hydrogen-bond donors (Lipinski definition) is 1. The van der Waals surface area contributed by atoms with E-state index in [-0.39, 0.29) is 24.4 Å². The zero-order chi connectivity index (χ0) is 16.2. The molecule has 1 saturated carbocycles. The molecule has 0 radical (unpaired) electrons. The molecule has 0 aromatic heterocycles. The lowest BCUT2D eigenvalue weighted by atomic mass is 9.84. The Bertz CT molecular complexity index is 670. The highest BCUT2D eigenvalue weighted by molar-refractivity contribution is 5.95. The fraction of sp³-hybridized carbons (Fsp3) is 0.350. The summed E-state index contributed by atoms with van der Waals surface area (Å²) in [5.41, 5.74) is 8.33. The Morgan fingerprint density at radius 2 is 1.88 bits per heavy atom. The molecule has 24 heavy (non-hydrogen) atoms. The summed E-state index contributed by atoms with van der Waals surface area (Å²) >= 11 is 0. The van der Waals surface area contributed by atoms with Gasteiger partial charge in [0, 0.05) is 17.8 Å². The topological polar surface area (TPSA) is 46.3 Å². The molecule has 2 aromatic rings. The maximum atomic E-state index is 13.1. The monoisotopic (exact) mass is 344 g/mol. The normalized spacial score (nSPS) is 15.0. The molecule has 4 heteroatoms.